The molecule has 1 aromatic carbocycles. The Hall–Kier alpha value is -2.44. The molecule has 0 aromatic heterocycles. The first-order valence-corrected chi connectivity index (χ1v) is 6.71. The number of nitrogens with one attached hydrogen (secondary N) is 1. The van der Waals surface area contributed by atoms with Gasteiger partial charge in [0.2, 0.25) is 5.91 Å². The van der Waals surface area contributed by atoms with Crippen molar-refractivity contribution in [2.24, 2.45) is 11.7 Å². The molecule has 6 nitrogen and oxygen atoms in total. The molecular weight excluding hydrogens is 277 g/mol. The summed E-state index contributed by atoms with van der Waals surface area (Å²) in [5.74, 6) is -2.52. The summed E-state index contributed by atoms with van der Waals surface area (Å²) in [5, 5.41) is 2.42. The van der Waals surface area contributed by atoms with Crippen LogP contribution in [0.1, 0.15) is 23.2 Å². The van der Waals surface area contributed by atoms with Crippen molar-refractivity contribution in [3.8, 4) is 0 Å². The Balaban J connectivity index is 1.85. The number of benzene rings is 1. The summed E-state index contributed by atoms with van der Waals surface area (Å²) in [5.41, 5.74) is 5.99. The number of fused-ring (bicyclic) bond motifs is 1. The van der Waals surface area contributed by atoms with Crippen LogP contribution in [0.25, 0.3) is 0 Å². The Labute approximate surface area is 120 Å². The molecule has 3 rings (SSSR count). The maximum atomic E-state index is 14.2. The molecule has 2 aliphatic heterocycles. The summed E-state index contributed by atoms with van der Waals surface area (Å²) in [6.07, 6.45) is 1.13. The first-order valence-electron chi connectivity index (χ1n) is 6.71. The number of primary amides is 1. The molecule has 21 heavy (non-hydrogen) atoms. The van der Waals surface area contributed by atoms with E-state index in [1.54, 1.807) is 4.90 Å². The summed E-state index contributed by atoms with van der Waals surface area (Å²) >= 11 is 0. The van der Waals surface area contributed by atoms with Gasteiger partial charge < -0.3 is 16.0 Å². The van der Waals surface area contributed by atoms with Crippen molar-refractivity contribution in [2.75, 3.05) is 23.3 Å². The fraction of sp³-hybridized carbons (Fsp3) is 0.357. The normalized spacial score (nSPS) is 18.6. The van der Waals surface area contributed by atoms with Gasteiger partial charge in [-0.1, -0.05) is 0 Å². The Morgan fingerprint density at radius 2 is 1.95 bits per heavy atom. The van der Waals surface area contributed by atoms with Crippen molar-refractivity contribution in [2.45, 2.75) is 12.8 Å². The zero-order chi connectivity index (χ0) is 15.1. The van der Waals surface area contributed by atoms with Crippen LogP contribution in [0.2, 0.25) is 0 Å². The van der Waals surface area contributed by atoms with Crippen LogP contribution in [0.15, 0.2) is 12.1 Å². The van der Waals surface area contributed by atoms with Crippen LogP contribution in [0, 0.1) is 11.7 Å². The van der Waals surface area contributed by atoms with Crippen LogP contribution in [0.3, 0.4) is 0 Å². The molecule has 0 spiro atoms. The van der Waals surface area contributed by atoms with E-state index in [0.717, 1.165) is 6.07 Å². The molecule has 0 radical (unpaired) electrons. The van der Waals surface area contributed by atoms with Crippen molar-refractivity contribution in [1.29, 1.82) is 0 Å². The molecule has 7 heteroatoms. The number of piperidine rings is 1. The van der Waals surface area contributed by atoms with Crippen LogP contribution in [0.4, 0.5) is 15.8 Å². The first kappa shape index (κ1) is 13.5. The van der Waals surface area contributed by atoms with Crippen LogP contribution in [-0.2, 0) is 9.59 Å². The summed E-state index contributed by atoms with van der Waals surface area (Å²) in [4.78, 5) is 35.7. The van der Waals surface area contributed by atoms with Gasteiger partial charge in [-0.2, -0.15) is 0 Å². The summed E-state index contributed by atoms with van der Waals surface area (Å²) in [6.45, 7) is 1.01. The lowest BCUT2D eigenvalue weighted by Crippen LogP contribution is -2.38. The second kappa shape index (κ2) is 4.83. The zero-order valence-corrected chi connectivity index (χ0v) is 11.2. The second-order valence-corrected chi connectivity index (χ2v) is 5.30. The van der Waals surface area contributed by atoms with Gasteiger partial charge >= 0.3 is 0 Å². The van der Waals surface area contributed by atoms with Crippen molar-refractivity contribution in [3.63, 3.8) is 0 Å². The number of hydrogen-bond acceptors (Lipinski definition) is 4. The van der Waals surface area contributed by atoms with Crippen molar-refractivity contribution in [1.82, 2.24) is 0 Å². The lowest BCUT2D eigenvalue weighted by Gasteiger charge is -2.32. The molecule has 1 saturated heterocycles. The van der Waals surface area contributed by atoms with E-state index in [-0.39, 0.29) is 17.4 Å². The minimum Gasteiger partial charge on any atom is -0.369 e. The number of nitrogens with two attached hydrogens (primary N) is 1. The highest BCUT2D eigenvalue weighted by Gasteiger charge is 2.31. The highest BCUT2D eigenvalue weighted by Crippen LogP contribution is 2.33. The lowest BCUT2D eigenvalue weighted by atomic mass is 9.95. The van der Waals surface area contributed by atoms with E-state index in [1.165, 1.54) is 6.07 Å². The molecule has 2 aliphatic rings. The van der Waals surface area contributed by atoms with E-state index in [9.17, 15) is 18.8 Å². The van der Waals surface area contributed by atoms with E-state index in [1.807, 2.05) is 0 Å². The Bertz CT molecular complexity index is 651. The van der Waals surface area contributed by atoms with Crippen LogP contribution >= 0.6 is 0 Å². The van der Waals surface area contributed by atoms with Gasteiger partial charge in [-0.3, -0.25) is 14.4 Å². The van der Waals surface area contributed by atoms with Gasteiger partial charge in [0.25, 0.3) is 11.7 Å². The molecular formula is C14H14FN3O3. The fourth-order valence-corrected chi connectivity index (χ4v) is 2.80. The second-order valence-electron chi connectivity index (χ2n) is 5.30. The minimum absolute atomic E-state index is 0.0632. The number of anilines is 2. The van der Waals surface area contributed by atoms with Gasteiger partial charge in [-0.15, -0.1) is 0 Å². The highest BCUT2D eigenvalue weighted by molar-refractivity contribution is 6.51. The topological polar surface area (TPSA) is 92.5 Å². The molecule has 2 heterocycles. The summed E-state index contributed by atoms with van der Waals surface area (Å²) < 4.78 is 14.2. The maximum Gasteiger partial charge on any atom is 0.296 e. The fourth-order valence-electron chi connectivity index (χ4n) is 2.80. The Kier molecular flexibility index (Phi) is 3.12. The molecule has 0 bridgehead atoms. The van der Waals surface area contributed by atoms with Gasteiger partial charge in [-0.05, 0) is 25.0 Å². The third kappa shape index (κ3) is 2.24. The molecule has 0 unspecified atom stereocenters. The minimum atomic E-state index is -0.742. The zero-order valence-electron chi connectivity index (χ0n) is 11.2. The SMILES string of the molecule is NC(=O)C1CCN(c2cc3c(cc2F)C(=O)C(=O)N3)CC1. The van der Waals surface area contributed by atoms with Gasteiger partial charge in [0.1, 0.15) is 5.82 Å². The Morgan fingerprint density at radius 1 is 1.29 bits per heavy atom. The van der Waals surface area contributed by atoms with E-state index >= 15 is 0 Å². The average Bonchev–Trinajstić information content (AvgIpc) is 2.73. The summed E-state index contributed by atoms with van der Waals surface area (Å²) in [7, 11) is 0. The predicted molar refractivity (Wildman–Crippen MR) is 73.5 cm³/mol. The highest BCUT2D eigenvalue weighted by atomic mass is 19.1. The molecule has 110 valence electrons. The van der Waals surface area contributed by atoms with Crippen molar-refractivity contribution < 1.29 is 18.8 Å². The quantitative estimate of drug-likeness (QED) is 0.783. The van der Waals surface area contributed by atoms with Gasteiger partial charge in [-0.25, -0.2) is 4.39 Å². The standard InChI is InChI=1S/C14H14FN3O3/c15-9-5-8-10(17-14(21)12(8)19)6-11(9)18-3-1-7(2-4-18)13(16)20/h5-7H,1-4H2,(H2,16,20)(H,17,19,21). The number of nitrogens with zero attached hydrogens (tertiary/aromatic N) is 1. The number of halogens is 1. The predicted octanol–water partition coefficient (Wildman–Crippen LogP) is 0.662. The largest absolute Gasteiger partial charge is 0.369 e. The van der Waals surface area contributed by atoms with Crippen LogP contribution in [0.5, 0.6) is 0 Å². The summed E-state index contributed by atoms with van der Waals surface area (Å²) in [6, 6.07) is 2.56. The third-order valence-electron chi connectivity index (χ3n) is 4.02. The molecule has 2 amide bonds. The average molecular weight is 291 g/mol. The monoisotopic (exact) mass is 291 g/mol. The van der Waals surface area contributed by atoms with E-state index in [2.05, 4.69) is 5.32 Å². The number of hydrogen-bond donors (Lipinski definition) is 2. The van der Waals surface area contributed by atoms with Crippen molar-refractivity contribution in [3.05, 3.63) is 23.5 Å². The van der Waals surface area contributed by atoms with E-state index in [0.29, 0.717) is 37.3 Å². The number of amides is 2. The Morgan fingerprint density at radius 3 is 2.57 bits per heavy atom. The van der Waals surface area contributed by atoms with Gasteiger partial charge in [0.15, 0.2) is 0 Å². The van der Waals surface area contributed by atoms with Gasteiger partial charge in [0.05, 0.1) is 16.9 Å². The smallest absolute Gasteiger partial charge is 0.296 e. The molecule has 1 fully saturated rings. The number of Topliss-reactive ketones (excluding diaryl/α,β-unsaturated/α-hetero) is 1. The first-order chi connectivity index (χ1) is 9.97. The molecule has 3 N–H and O–H groups in total. The van der Waals surface area contributed by atoms with Gasteiger partial charge in [0, 0.05) is 19.0 Å². The maximum absolute atomic E-state index is 14.2. The number of carbonyl (C=O) groups is 3. The number of carbonyl (C=O) groups excluding carboxylic acids is 3. The van der Waals surface area contributed by atoms with Crippen LogP contribution < -0.4 is 16.0 Å². The lowest BCUT2D eigenvalue weighted by molar-refractivity contribution is -0.122. The molecule has 1 aromatic rings. The number of rotatable bonds is 2. The van der Waals surface area contributed by atoms with E-state index < -0.39 is 17.5 Å². The van der Waals surface area contributed by atoms with Crippen molar-refractivity contribution >= 4 is 29.0 Å². The third-order valence-corrected chi connectivity index (χ3v) is 4.02. The van der Waals surface area contributed by atoms with Crippen LogP contribution in [-0.4, -0.2) is 30.7 Å². The molecule has 0 atom stereocenters. The molecule has 0 saturated carbocycles. The van der Waals surface area contributed by atoms with E-state index in [4.69, 9.17) is 5.73 Å². The number of ketones is 1. The molecule has 0 aliphatic carbocycles.